The number of benzene rings is 3. The molecule has 6 nitrogen and oxygen atoms in total. The summed E-state index contributed by atoms with van der Waals surface area (Å²) in [5.41, 5.74) is 5.64. The van der Waals surface area contributed by atoms with Gasteiger partial charge < -0.3 is 0 Å². The quantitative estimate of drug-likeness (QED) is 0.431. The molecule has 1 amide bonds. The molecule has 1 N–H and O–H groups in total. The highest BCUT2D eigenvalue weighted by Crippen LogP contribution is 2.24. The van der Waals surface area contributed by atoms with Crippen LogP contribution in [0.5, 0.6) is 0 Å². The van der Waals surface area contributed by atoms with Crippen LogP contribution in [0.4, 0.5) is 10.1 Å². The first-order valence-corrected chi connectivity index (χ1v) is 11.4. The van der Waals surface area contributed by atoms with Crippen molar-refractivity contribution in [1.82, 2.24) is 5.43 Å². The minimum absolute atomic E-state index is 0.0865. The van der Waals surface area contributed by atoms with Crippen LogP contribution in [0.25, 0.3) is 0 Å². The lowest BCUT2D eigenvalue weighted by molar-refractivity contribution is -0.119. The highest BCUT2D eigenvalue weighted by molar-refractivity contribution is 7.92. The smallest absolute Gasteiger partial charge is 0.264 e. The van der Waals surface area contributed by atoms with E-state index < -0.39 is 22.5 Å². The Kier molecular flexibility index (Phi) is 7.05. The van der Waals surface area contributed by atoms with Crippen LogP contribution in [0.15, 0.2) is 82.8 Å². The standard InChI is InChI=1S/C24H24FN3O3S/c1-17-7-13-23(14-8-17)32(30,31)28(22-6-4-5-18(2)15-22)16-24(29)27-26-19(3)20-9-11-21(25)12-10-20/h4-15H,16H2,1-3H3,(H,27,29)/b26-19-. The number of hydrogen-bond acceptors (Lipinski definition) is 4. The SMILES string of the molecule is C/C(=N/NC(=O)CN(c1cccc(C)c1)S(=O)(=O)c1ccc(C)cc1)c1ccc(F)cc1. The van der Waals surface area contributed by atoms with Gasteiger partial charge in [0.2, 0.25) is 0 Å². The third-order valence-electron chi connectivity index (χ3n) is 4.80. The van der Waals surface area contributed by atoms with E-state index in [1.54, 1.807) is 49.4 Å². The highest BCUT2D eigenvalue weighted by atomic mass is 32.2. The van der Waals surface area contributed by atoms with Gasteiger partial charge in [0.05, 0.1) is 16.3 Å². The largest absolute Gasteiger partial charge is 0.271 e. The third-order valence-corrected chi connectivity index (χ3v) is 6.58. The summed E-state index contributed by atoms with van der Waals surface area (Å²) in [6.07, 6.45) is 0. The van der Waals surface area contributed by atoms with Crippen molar-refractivity contribution < 1.29 is 17.6 Å². The lowest BCUT2D eigenvalue weighted by atomic mass is 10.1. The molecule has 0 aliphatic rings. The molecule has 3 aromatic rings. The Balaban J connectivity index is 1.87. The summed E-state index contributed by atoms with van der Waals surface area (Å²) in [7, 11) is -4.00. The van der Waals surface area contributed by atoms with E-state index in [0.717, 1.165) is 15.4 Å². The van der Waals surface area contributed by atoms with Crippen molar-refractivity contribution in [2.75, 3.05) is 10.8 Å². The number of rotatable bonds is 7. The summed E-state index contributed by atoms with van der Waals surface area (Å²) < 4.78 is 40.9. The van der Waals surface area contributed by atoms with E-state index in [4.69, 9.17) is 0 Å². The summed E-state index contributed by atoms with van der Waals surface area (Å²) in [6.45, 7) is 4.91. The molecule has 0 saturated heterocycles. The minimum Gasteiger partial charge on any atom is -0.271 e. The summed E-state index contributed by atoms with van der Waals surface area (Å²) in [4.78, 5) is 12.7. The molecule has 0 aliphatic heterocycles. The molecule has 3 rings (SSSR count). The Morgan fingerprint density at radius 3 is 2.25 bits per heavy atom. The van der Waals surface area contributed by atoms with Crippen LogP contribution in [0.1, 0.15) is 23.6 Å². The number of nitrogens with zero attached hydrogens (tertiary/aromatic N) is 2. The van der Waals surface area contributed by atoms with E-state index in [9.17, 15) is 17.6 Å². The molecule has 0 atom stereocenters. The van der Waals surface area contributed by atoms with Gasteiger partial charge in [-0.3, -0.25) is 9.10 Å². The Hall–Kier alpha value is -3.52. The van der Waals surface area contributed by atoms with Crippen molar-refractivity contribution in [3.63, 3.8) is 0 Å². The number of nitrogens with one attached hydrogen (secondary N) is 1. The first-order valence-electron chi connectivity index (χ1n) is 9.92. The van der Waals surface area contributed by atoms with Crippen molar-refractivity contribution in [1.29, 1.82) is 0 Å². The molecule has 0 heterocycles. The number of carbonyl (C=O) groups excluding carboxylic acids is 1. The molecule has 8 heteroatoms. The Labute approximate surface area is 187 Å². The van der Waals surface area contributed by atoms with Gasteiger partial charge in [0.15, 0.2) is 0 Å². The zero-order chi connectivity index (χ0) is 23.3. The summed E-state index contributed by atoms with van der Waals surface area (Å²) in [6, 6.07) is 19.0. The third kappa shape index (κ3) is 5.59. The van der Waals surface area contributed by atoms with Gasteiger partial charge in [-0.05, 0) is 68.3 Å². The average molecular weight is 454 g/mol. The zero-order valence-corrected chi connectivity index (χ0v) is 18.9. The molecule has 166 valence electrons. The van der Waals surface area contributed by atoms with E-state index >= 15 is 0 Å². The molecule has 0 radical (unpaired) electrons. The number of carbonyl (C=O) groups is 1. The lowest BCUT2D eigenvalue weighted by Crippen LogP contribution is -2.39. The van der Waals surface area contributed by atoms with Gasteiger partial charge in [-0.2, -0.15) is 5.10 Å². The molecule has 0 unspecified atom stereocenters. The molecule has 32 heavy (non-hydrogen) atoms. The molecule has 0 aromatic heterocycles. The van der Waals surface area contributed by atoms with Gasteiger partial charge in [0, 0.05) is 0 Å². The van der Waals surface area contributed by atoms with E-state index in [-0.39, 0.29) is 10.7 Å². The van der Waals surface area contributed by atoms with Crippen LogP contribution in [0.2, 0.25) is 0 Å². The maximum Gasteiger partial charge on any atom is 0.264 e. The van der Waals surface area contributed by atoms with Crippen molar-refractivity contribution in [2.45, 2.75) is 25.7 Å². The monoisotopic (exact) mass is 453 g/mol. The number of aryl methyl sites for hydroxylation is 2. The molecule has 0 bridgehead atoms. The van der Waals surface area contributed by atoms with E-state index in [0.29, 0.717) is 17.0 Å². The van der Waals surface area contributed by atoms with Crippen LogP contribution in [0, 0.1) is 19.7 Å². The number of anilines is 1. The summed E-state index contributed by atoms with van der Waals surface area (Å²) >= 11 is 0. The van der Waals surface area contributed by atoms with Gasteiger partial charge in [0.25, 0.3) is 15.9 Å². The second-order valence-electron chi connectivity index (χ2n) is 7.40. The maximum atomic E-state index is 13.4. The van der Waals surface area contributed by atoms with Crippen LogP contribution < -0.4 is 9.73 Å². The Bertz CT molecular complexity index is 1240. The number of hydrazone groups is 1. The predicted molar refractivity (Wildman–Crippen MR) is 124 cm³/mol. The number of hydrogen-bond donors (Lipinski definition) is 1. The molecule has 0 saturated carbocycles. The normalized spacial score (nSPS) is 11.8. The predicted octanol–water partition coefficient (Wildman–Crippen LogP) is 4.18. The second kappa shape index (κ2) is 9.74. The van der Waals surface area contributed by atoms with Crippen molar-refractivity contribution >= 4 is 27.3 Å². The van der Waals surface area contributed by atoms with Crippen molar-refractivity contribution in [3.8, 4) is 0 Å². The van der Waals surface area contributed by atoms with Gasteiger partial charge in [-0.15, -0.1) is 0 Å². The fraction of sp³-hybridized carbons (Fsp3) is 0.167. The fourth-order valence-corrected chi connectivity index (χ4v) is 4.42. The van der Waals surface area contributed by atoms with Crippen LogP contribution in [0.3, 0.4) is 0 Å². The van der Waals surface area contributed by atoms with Crippen molar-refractivity contribution in [2.24, 2.45) is 5.10 Å². The van der Waals surface area contributed by atoms with Gasteiger partial charge in [-0.25, -0.2) is 18.2 Å². The molecular formula is C24H24FN3O3S. The summed E-state index contributed by atoms with van der Waals surface area (Å²) in [5, 5.41) is 4.03. The molecular weight excluding hydrogens is 429 g/mol. The minimum atomic E-state index is -4.00. The Morgan fingerprint density at radius 1 is 0.969 bits per heavy atom. The van der Waals surface area contributed by atoms with Gasteiger partial charge in [-0.1, -0.05) is 42.0 Å². The first-order chi connectivity index (χ1) is 15.2. The number of sulfonamides is 1. The molecule has 3 aromatic carbocycles. The van der Waals surface area contributed by atoms with E-state index in [1.807, 2.05) is 19.9 Å². The second-order valence-corrected chi connectivity index (χ2v) is 9.27. The van der Waals surface area contributed by atoms with Crippen LogP contribution in [-0.2, 0) is 14.8 Å². The van der Waals surface area contributed by atoms with E-state index in [2.05, 4.69) is 10.5 Å². The zero-order valence-electron chi connectivity index (χ0n) is 18.0. The molecule has 0 fully saturated rings. The number of halogens is 1. The van der Waals surface area contributed by atoms with Gasteiger partial charge in [0.1, 0.15) is 12.4 Å². The van der Waals surface area contributed by atoms with E-state index in [1.165, 1.54) is 24.3 Å². The maximum absolute atomic E-state index is 13.4. The van der Waals surface area contributed by atoms with Crippen molar-refractivity contribution in [3.05, 3.63) is 95.3 Å². The van der Waals surface area contributed by atoms with Crippen LogP contribution in [-0.4, -0.2) is 26.6 Å². The topological polar surface area (TPSA) is 78.8 Å². The fourth-order valence-electron chi connectivity index (χ4n) is 3.00. The average Bonchev–Trinajstić information content (AvgIpc) is 2.76. The van der Waals surface area contributed by atoms with Crippen LogP contribution >= 0.6 is 0 Å². The highest BCUT2D eigenvalue weighted by Gasteiger charge is 2.27. The molecule has 0 aliphatic carbocycles. The lowest BCUT2D eigenvalue weighted by Gasteiger charge is -2.24. The number of amides is 1. The summed E-state index contributed by atoms with van der Waals surface area (Å²) in [5.74, 6) is -0.982. The van der Waals surface area contributed by atoms with Gasteiger partial charge >= 0.3 is 0 Å². The molecule has 0 spiro atoms. The first kappa shape index (κ1) is 23.1. The Morgan fingerprint density at radius 2 is 1.62 bits per heavy atom.